The van der Waals surface area contributed by atoms with Crippen LogP contribution in [0.25, 0.3) is 0 Å². The number of hydrogen-bond acceptors (Lipinski definition) is 4. The standard InChI is InChI=1S/C9H17N3O5/c1-2-10-7(13)5-12-9(16)11-3-4-17-6-8(14)15/h2-6H2,1H3,(H,10,13)(H,14,15)(H2,11,12,16). The summed E-state index contributed by atoms with van der Waals surface area (Å²) in [7, 11) is 0. The van der Waals surface area contributed by atoms with E-state index in [1.165, 1.54) is 0 Å². The lowest BCUT2D eigenvalue weighted by Crippen LogP contribution is -2.42. The Labute approximate surface area is 98.7 Å². The summed E-state index contributed by atoms with van der Waals surface area (Å²) >= 11 is 0. The maximum Gasteiger partial charge on any atom is 0.329 e. The second-order valence-electron chi connectivity index (χ2n) is 3.01. The third-order valence-corrected chi connectivity index (χ3v) is 1.54. The smallest absolute Gasteiger partial charge is 0.329 e. The minimum Gasteiger partial charge on any atom is -0.480 e. The van der Waals surface area contributed by atoms with E-state index in [0.29, 0.717) is 6.54 Å². The monoisotopic (exact) mass is 247 g/mol. The Morgan fingerprint density at radius 1 is 1.18 bits per heavy atom. The van der Waals surface area contributed by atoms with Crippen LogP contribution >= 0.6 is 0 Å². The van der Waals surface area contributed by atoms with Gasteiger partial charge >= 0.3 is 12.0 Å². The highest BCUT2D eigenvalue weighted by Gasteiger charge is 2.03. The van der Waals surface area contributed by atoms with Crippen LogP contribution in [0.4, 0.5) is 4.79 Å². The highest BCUT2D eigenvalue weighted by atomic mass is 16.5. The van der Waals surface area contributed by atoms with Crippen LogP contribution in [0.2, 0.25) is 0 Å². The molecular weight excluding hydrogens is 230 g/mol. The zero-order chi connectivity index (χ0) is 13.1. The van der Waals surface area contributed by atoms with E-state index < -0.39 is 18.6 Å². The minimum absolute atomic E-state index is 0.0981. The number of nitrogens with one attached hydrogen (secondary N) is 3. The summed E-state index contributed by atoms with van der Waals surface area (Å²) in [4.78, 5) is 32.1. The van der Waals surface area contributed by atoms with Gasteiger partial charge in [0.05, 0.1) is 13.2 Å². The Hall–Kier alpha value is -1.83. The molecule has 0 bridgehead atoms. The number of hydrogen-bond donors (Lipinski definition) is 4. The number of amides is 3. The molecule has 3 amide bonds. The second kappa shape index (κ2) is 9.40. The molecule has 0 rings (SSSR count). The molecular formula is C9H17N3O5. The largest absolute Gasteiger partial charge is 0.480 e. The van der Waals surface area contributed by atoms with Crippen molar-refractivity contribution in [3.05, 3.63) is 0 Å². The zero-order valence-corrected chi connectivity index (χ0v) is 9.62. The number of rotatable bonds is 8. The molecule has 0 aliphatic heterocycles. The van der Waals surface area contributed by atoms with Gasteiger partial charge in [-0.15, -0.1) is 0 Å². The fourth-order valence-electron chi connectivity index (χ4n) is 0.879. The molecule has 0 fully saturated rings. The molecule has 4 N–H and O–H groups in total. The lowest BCUT2D eigenvalue weighted by atomic mass is 10.5. The SMILES string of the molecule is CCNC(=O)CNC(=O)NCCOCC(=O)O. The molecule has 0 radical (unpaired) electrons. The first kappa shape index (κ1) is 15.2. The molecule has 0 atom stereocenters. The first-order valence-corrected chi connectivity index (χ1v) is 5.14. The van der Waals surface area contributed by atoms with E-state index in [1.807, 2.05) is 0 Å². The zero-order valence-electron chi connectivity index (χ0n) is 9.62. The van der Waals surface area contributed by atoms with Gasteiger partial charge < -0.3 is 25.8 Å². The van der Waals surface area contributed by atoms with Gasteiger partial charge in [-0.25, -0.2) is 9.59 Å². The van der Waals surface area contributed by atoms with E-state index >= 15 is 0 Å². The number of likely N-dealkylation sites (N-methyl/N-ethyl adjacent to an activating group) is 1. The lowest BCUT2D eigenvalue weighted by molar-refractivity contribution is -0.142. The van der Waals surface area contributed by atoms with Crippen molar-refractivity contribution in [3.8, 4) is 0 Å². The van der Waals surface area contributed by atoms with Crippen molar-refractivity contribution in [3.63, 3.8) is 0 Å². The van der Waals surface area contributed by atoms with Gasteiger partial charge in [0.25, 0.3) is 0 Å². The number of carbonyl (C=O) groups excluding carboxylic acids is 2. The summed E-state index contributed by atoms with van der Waals surface area (Å²) in [5, 5.41) is 15.5. The molecule has 8 nitrogen and oxygen atoms in total. The van der Waals surface area contributed by atoms with E-state index in [1.54, 1.807) is 6.92 Å². The molecule has 0 saturated carbocycles. The summed E-state index contributed by atoms with van der Waals surface area (Å²) in [6, 6.07) is -0.504. The van der Waals surface area contributed by atoms with Crippen molar-refractivity contribution < 1.29 is 24.2 Å². The maximum atomic E-state index is 11.1. The van der Waals surface area contributed by atoms with E-state index in [2.05, 4.69) is 20.7 Å². The van der Waals surface area contributed by atoms with Gasteiger partial charge in [0.2, 0.25) is 5.91 Å². The van der Waals surface area contributed by atoms with Gasteiger partial charge in [-0.05, 0) is 6.92 Å². The third kappa shape index (κ3) is 10.5. The molecule has 0 aromatic heterocycles. The summed E-state index contributed by atoms with van der Waals surface area (Å²) in [5.74, 6) is -1.34. The summed E-state index contributed by atoms with van der Waals surface area (Å²) in [6.45, 7) is 2.05. The number of ether oxygens (including phenoxy) is 1. The van der Waals surface area contributed by atoms with Gasteiger partial charge in [0.15, 0.2) is 0 Å². The predicted molar refractivity (Wildman–Crippen MR) is 58.5 cm³/mol. The Kier molecular flexibility index (Phi) is 8.39. The highest BCUT2D eigenvalue weighted by Crippen LogP contribution is 1.74. The average Bonchev–Trinajstić information content (AvgIpc) is 2.26. The molecule has 0 unspecified atom stereocenters. The van der Waals surface area contributed by atoms with E-state index in [0.717, 1.165) is 0 Å². The number of carbonyl (C=O) groups is 3. The Morgan fingerprint density at radius 3 is 2.47 bits per heavy atom. The molecule has 0 aliphatic rings. The van der Waals surface area contributed by atoms with Gasteiger partial charge in [-0.3, -0.25) is 4.79 Å². The number of carboxylic acid groups (broad SMARTS) is 1. The molecule has 8 heteroatoms. The fourth-order valence-corrected chi connectivity index (χ4v) is 0.879. The number of urea groups is 1. The Morgan fingerprint density at radius 2 is 1.88 bits per heavy atom. The third-order valence-electron chi connectivity index (χ3n) is 1.54. The van der Waals surface area contributed by atoms with Crippen molar-refractivity contribution in [2.75, 3.05) is 32.8 Å². The Balaban J connectivity index is 3.40. The van der Waals surface area contributed by atoms with Crippen LogP contribution in [0.3, 0.4) is 0 Å². The molecule has 0 spiro atoms. The van der Waals surface area contributed by atoms with E-state index in [9.17, 15) is 14.4 Å². The number of aliphatic carboxylic acids is 1. The topological polar surface area (TPSA) is 117 Å². The normalized spacial score (nSPS) is 9.47. The summed E-state index contributed by atoms with van der Waals surface area (Å²) < 4.78 is 4.69. The lowest BCUT2D eigenvalue weighted by Gasteiger charge is -2.07. The highest BCUT2D eigenvalue weighted by molar-refractivity contribution is 5.83. The van der Waals surface area contributed by atoms with E-state index in [4.69, 9.17) is 5.11 Å². The summed E-state index contributed by atoms with van der Waals surface area (Å²) in [6.07, 6.45) is 0. The number of carboxylic acids is 1. The molecule has 0 aromatic carbocycles. The van der Waals surface area contributed by atoms with Gasteiger partial charge in [-0.2, -0.15) is 0 Å². The molecule has 0 saturated heterocycles. The average molecular weight is 247 g/mol. The molecule has 0 aromatic rings. The van der Waals surface area contributed by atoms with Crippen LogP contribution < -0.4 is 16.0 Å². The predicted octanol–water partition coefficient (Wildman–Crippen LogP) is -1.48. The summed E-state index contributed by atoms with van der Waals surface area (Å²) in [5.41, 5.74) is 0. The van der Waals surface area contributed by atoms with Crippen LogP contribution in [-0.4, -0.2) is 55.9 Å². The van der Waals surface area contributed by atoms with Gasteiger partial charge in [0, 0.05) is 13.1 Å². The van der Waals surface area contributed by atoms with Crippen molar-refractivity contribution >= 4 is 17.9 Å². The van der Waals surface area contributed by atoms with Crippen LogP contribution in [0.1, 0.15) is 6.92 Å². The van der Waals surface area contributed by atoms with Crippen LogP contribution in [0.5, 0.6) is 0 Å². The van der Waals surface area contributed by atoms with Crippen molar-refractivity contribution in [1.29, 1.82) is 0 Å². The minimum atomic E-state index is -1.06. The van der Waals surface area contributed by atoms with Crippen molar-refractivity contribution in [2.45, 2.75) is 6.92 Å². The van der Waals surface area contributed by atoms with Crippen LogP contribution in [0, 0.1) is 0 Å². The second-order valence-corrected chi connectivity index (χ2v) is 3.01. The maximum absolute atomic E-state index is 11.1. The first-order valence-electron chi connectivity index (χ1n) is 5.14. The van der Waals surface area contributed by atoms with E-state index in [-0.39, 0.29) is 25.6 Å². The molecule has 0 heterocycles. The molecule has 17 heavy (non-hydrogen) atoms. The molecule has 98 valence electrons. The Bertz CT molecular complexity index is 269. The first-order chi connectivity index (χ1) is 8.06. The van der Waals surface area contributed by atoms with Crippen molar-refractivity contribution in [1.82, 2.24) is 16.0 Å². The van der Waals surface area contributed by atoms with Crippen LogP contribution in [0.15, 0.2) is 0 Å². The quantitative estimate of drug-likeness (QED) is 0.390. The molecule has 0 aliphatic carbocycles. The van der Waals surface area contributed by atoms with Crippen LogP contribution in [-0.2, 0) is 14.3 Å². The van der Waals surface area contributed by atoms with Gasteiger partial charge in [0.1, 0.15) is 6.61 Å². The fraction of sp³-hybridized carbons (Fsp3) is 0.667. The van der Waals surface area contributed by atoms with Crippen molar-refractivity contribution in [2.24, 2.45) is 0 Å². The van der Waals surface area contributed by atoms with Gasteiger partial charge in [-0.1, -0.05) is 0 Å².